The summed E-state index contributed by atoms with van der Waals surface area (Å²) in [4.78, 5) is 19.4. The summed E-state index contributed by atoms with van der Waals surface area (Å²) in [5, 5.41) is 16.4. The number of benzene rings is 2. The summed E-state index contributed by atoms with van der Waals surface area (Å²) >= 11 is 5.75. The number of nitrogens with one attached hydrogen (secondary N) is 2. The Balaban J connectivity index is 1.47. The highest BCUT2D eigenvalue weighted by molar-refractivity contribution is 7.80. The van der Waals surface area contributed by atoms with Gasteiger partial charge in [-0.2, -0.15) is 0 Å². The minimum absolute atomic E-state index is 0.123. The van der Waals surface area contributed by atoms with Crippen LogP contribution in [0.4, 0.5) is 10.1 Å². The van der Waals surface area contributed by atoms with Crippen molar-refractivity contribution in [3.63, 3.8) is 0 Å². The first-order chi connectivity index (χ1) is 18.3. The molecule has 1 fully saturated rings. The van der Waals surface area contributed by atoms with Gasteiger partial charge in [-0.3, -0.25) is 9.78 Å². The summed E-state index contributed by atoms with van der Waals surface area (Å²) in [5.41, 5.74) is 5.02. The SMILES string of the molecule is Cc1cc(C2C(c3ccccn3)NC(=S)N2CCC(=O)Nc2ccccc2F)c(C)n1-c1ccc(O)cc1. The van der Waals surface area contributed by atoms with Crippen LogP contribution in [0.5, 0.6) is 5.75 Å². The zero-order valence-electron chi connectivity index (χ0n) is 21.1. The van der Waals surface area contributed by atoms with E-state index < -0.39 is 5.82 Å². The number of halogens is 1. The molecular formula is C29H28FN5O2S. The quantitative estimate of drug-likeness (QED) is 0.281. The monoisotopic (exact) mass is 529 g/mol. The van der Waals surface area contributed by atoms with E-state index in [0.717, 1.165) is 28.3 Å². The number of hydrogen-bond donors (Lipinski definition) is 3. The molecule has 0 aliphatic carbocycles. The number of carbonyl (C=O) groups is 1. The highest BCUT2D eigenvalue weighted by Crippen LogP contribution is 2.41. The Morgan fingerprint density at radius 1 is 1.11 bits per heavy atom. The molecule has 2 aromatic heterocycles. The molecule has 3 heterocycles. The van der Waals surface area contributed by atoms with Gasteiger partial charge >= 0.3 is 0 Å². The average Bonchev–Trinajstić information content (AvgIpc) is 3.39. The Bertz CT molecular complexity index is 1470. The topological polar surface area (TPSA) is 82.4 Å². The lowest BCUT2D eigenvalue weighted by molar-refractivity contribution is -0.116. The van der Waals surface area contributed by atoms with Crippen molar-refractivity contribution in [2.75, 3.05) is 11.9 Å². The van der Waals surface area contributed by atoms with Crippen molar-refractivity contribution in [1.29, 1.82) is 0 Å². The van der Waals surface area contributed by atoms with Crippen LogP contribution in [0.2, 0.25) is 0 Å². The normalized spacial score (nSPS) is 16.9. The van der Waals surface area contributed by atoms with Crippen LogP contribution in [0, 0.1) is 19.7 Å². The van der Waals surface area contributed by atoms with Crippen molar-refractivity contribution >= 4 is 28.9 Å². The Morgan fingerprint density at radius 3 is 2.55 bits per heavy atom. The number of carbonyl (C=O) groups excluding carboxylic acids is 1. The van der Waals surface area contributed by atoms with Crippen molar-refractivity contribution in [3.8, 4) is 11.4 Å². The van der Waals surface area contributed by atoms with E-state index in [4.69, 9.17) is 12.2 Å². The summed E-state index contributed by atoms with van der Waals surface area (Å²) in [6.45, 7) is 4.42. The van der Waals surface area contributed by atoms with E-state index >= 15 is 0 Å². The van der Waals surface area contributed by atoms with Crippen molar-refractivity contribution in [2.45, 2.75) is 32.4 Å². The maximum absolute atomic E-state index is 14.0. The summed E-state index contributed by atoms with van der Waals surface area (Å²) in [6, 6.07) is 20.6. The summed E-state index contributed by atoms with van der Waals surface area (Å²) < 4.78 is 16.2. The number of hydrogen-bond acceptors (Lipinski definition) is 4. The number of aromatic hydroxyl groups is 1. The van der Waals surface area contributed by atoms with Gasteiger partial charge in [-0.05, 0) is 86.2 Å². The standard InChI is InChI=1S/C29H28FN5O2S/c1-18-17-22(19(2)35(18)20-10-12-21(36)13-11-20)28-27(25-9-5-6-15-31-25)33-29(38)34(28)16-14-26(37)32-24-8-4-3-7-23(24)30/h3-13,15,17,27-28,36H,14,16H2,1-2H3,(H,32,37)(H,33,38). The first-order valence-electron chi connectivity index (χ1n) is 12.3. The van der Waals surface area contributed by atoms with Crippen LogP contribution in [0.1, 0.15) is 41.1 Å². The molecule has 1 aliphatic heterocycles. The lowest BCUT2D eigenvalue weighted by Crippen LogP contribution is -2.33. The van der Waals surface area contributed by atoms with Gasteiger partial charge in [0.1, 0.15) is 11.6 Å². The zero-order valence-corrected chi connectivity index (χ0v) is 21.9. The van der Waals surface area contributed by atoms with Crippen molar-refractivity contribution in [3.05, 3.63) is 107 Å². The zero-order chi connectivity index (χ0) is 26.8. The van der Waals surface area contributed by atoms with Crippen molar-refractivity contribution < 1.29 is 14.3 Å². The van der Waals surface area contributed by atoms with Gasteiger partial charge in [-0.25, -0.2) is 4.39 Å². The van der Waals surface area contributed by atoms with Gasteiger partial charge in [-0.15, -0.1) is 0 Å². The molecule has 1 aliphatic rings. The van der Waals surface area contributed by atoms with E-state index in [2.05, 4.69) is 33.2 Å². The number of phenols is 1. The van der Waals surface area contributed by atoms with Crippen LogP contribution in [0.15, 0.2) is 79.0 Å². The molecule has 3 N–H and O–H groups in total. The molecule has 5 rings (SSSR count). The van der Waals surface area contributed by atoms with Gasteiger partial charge in [0, 0.05) is 36.2 Å². The number of phenolic OH excluding ortho intramolecular Hbond substituents is 1. The molecule has 1 saturated heterocycles. The van der Waals surface area contributed by atoms with Crippen LogP contribution in [-0.2, 0) is 4.79 Å². The van der Waals surface area contributed by atoms with E-state index in [1.807, 2.05) is 42.2 Å². The fraction of sp³-hybridized carbons (Fsp3) is 0.207. The largest absolute Gasteiger partial charge is 0.508 e. The molecular weight excluding hydrogens is 501 g/mol. The first kappa shape index (κ1) is 25.4. The predicted molar refractivity (Wildman–Crippen MR) is 149 cm³/mol. The lowest BCUT2D eigenvalue weighted by atomic mass is 9.96. The molecule has 0 spiro atoms. The third kappa shape index (κ3) is 4.97. The number of rotatable bonds is 7. The number of aromatic nitrogens is 2. The number of nitrogens with zero attached hydrogens (tertiary/aromatic N) is 3. The summed E-state index contributed by atoms with van der Waals surface area (Å²) in [6.07, 6.45) is 1.87. The minimum Gasteiger partial charge on any atom is -0.508 e. The maximum Gasteiger partial charge on any atom is 0.226 e. The molecule has 38 heavy (non-hydrogen) atoms. The van der Waals surface area contributed by atoms with Crippen LogP contribution in [-0.4, -0.2) is 37.1 Å². The molecule has 2 atom stereocenters. The lowest BCUT2D eigenvalue weighted by Gasteiger charge is -2.28. The van der Waals surface area contributed by atoms with Gasteiger partial charge in [-0.1, -0.05) is 18.2 Å². The van der Waals surface area contributed by atoms with Gasteiger partial charge in [0.05, 0.1) is 23.5 Å². The fourth-order valence-electron chi connectivity index (χ4n) is 5.07. The smallest absolute Gasteiger partial charge is 0.226 e. The summed E-state index contributed by atoms with van der Waals surface area (Å²) in [7, 11) is 0. The summed E-state index contributed by atoms with van der Waals surface area (Å²) in [5.74, 6) is -0.571. The molecule has 9 heteroatoms. The number of anilines is 1. The predicted octanol–water partition coefficient (Wildman–Crippen LogP) is 5.34. The second-order valence-corrected chi connectivity index (χ2v) is 9.66. The van der Waals surface area contributed by atoms with E-state index in [0.29, 0.717) is 11.7 Å². The highest BCUT2D eigenvalue weighted by atomic mass is 32.1. The molecule has 2 aromatic carbocycles. The van der Waals surface area contributed by atoms with Gasteiger partial charge in [0.2, 0.25) is 5.91 Å². The minimum atomic E-state index is -0.478. The van der Waals surface area contributed by atoms with Gasteiger partial charge < -0.3 is 25.2 Å². The third-order valence-corrected chi connectivity index (χ3v) is 7.17. The Morgan fingerprint density at radius 2 is 1.84 bits per heavy atom. The van der Waals surface area contributed by atoms with Crippen LogP contribution in [0.25, 0.3) is 5.69 Å². The second kappa shape index (κ2) is 10.6. The Kier molecular flexibility index (Phi) is 7.11. The third-order valence-electron chi connectivity index (χ3n) is 6.82. The molecule has 7 nitrogen and oxygen atoms in total. The highest BCUT2D eigenvalue weighted by Gasteiger charge is 2.41. The van der Waals surface area contributed by atoms with E-state index in [1.54, 1.807) is 30.5 Å². The second-order valence-electron chi connectivity index (χ2n) is 9.28. The number of para-hydroxylation sites is 1. The van der Waals surface area contributed by atoms with E-state index in [1.165, 1.54) is 12.1 Å². The number of thiocarbonyl (C=S) groups is 1. The Labute approximate surface area is 225 Å². The number of pyridine rings is 1. The first-order valence-corrected chi connectivity index (χ1v) is 12.7. The average molecular weight is 530 g/mol. The van der Waals surface area contributed by atoms with Gasteiger partial charge in [0.15, 0.2) is 5.11 Å². The molecule has 1 amide bonds. The molecule has 2 unspecified atom stereocenters. The van der Waals surface area contributed by atoms with Crippen molar-refractivity contribution in [2.24, 2.45) is 0 Å². The maximum atomic E-state index is 14.0. The molecule has 194 valence electrons. The number of aryl methyl sites for hydroxylation is 1. The Hall–Kier alpha value is -4.24. The molecule has 4 aromatic rings. The van der Waals surface area contributed by atoms with Gasteiger partial charge in [0.25, 0.3) is 0 Å². The van der Waals surface area contributed by atoms with Crippen LogP contribution < -0.4 is 10.6 Å². The van der Waals surface area contributed by atoms with Crippen LogP contribution >= 0.6 is 12.2 Å². The van der Waals surface area contributed by atoms with Crippen molar-refractivity contribution in [1.82, 2.24) is 19.8 Å². The molecule has 0 bridgehead atoms. The molecule has 0 saturated carbocycles. The van der Waals surface area contributed by atoms with E-state index in [9.17, 15) is 14.3 Å². The van der Waals surface area contributed by atoms with Crippen LogP contribution in [0.3, 0.4) is 0 Å². The number of amides is 1. The van der Waals surface area contributed by atoms with E-state index in [-0.39, 0.29) is 35.8 Å². The fourth-order valence-corrected chi connectivity index (χ4v) is 5.40. The molecule has 0 radical (unpaired) electrons.